The molecule has 0 aliphatic heterocycles. The van der Waals surface area contributed by atoms with E-state index >= 15 is 0 Å². The fraction of sp³-hybridized carbons (Fsp3) is 0.188. The van der Waals surface area contributed by atoms with E-state index in [-0.39, 0.29) is 18.3 Å². The molecule has 0 amide bonds. The summed E-state index contributed by atoms with van der Waals surface area (Å²) in [5.74, 6) is -1.56. The predicted octanol–water partition coefficient (Wildman–Crippen LogP) is 3.80. The maximum Gasteiger partial charge on any atom is 0.336 e. The Bertz CT molecular complexity index is 596. The second-order valence-corrected chi connectivity index (χ2v) is 4.47. The van der Waals surface area contributed by atoms with E-state index < -0.39 is 11.8 Å². The molecule has 0 heterocycles. The normalized spacial score (nSPS) is 12.1. The molecule has 0 radical (unpaired) electrons. The SMILES string of the molecule is CC(OCc1cc(F)ccc1C(=O)O)c1ccccc1. The summed E-state index contributed by atoms with van der Waals surface area (Å²) >= 11 is 0. The number of ether oxygens (including phenoxy) is 1. The van der Waals surface area contributed by atoms with E-state index in [9.17, 15) is 9.18 Å². The van der Waals surface area contributed by atoms with Crippen LogP contribution in [-0.4, -0.2) is 11.1 Å². The molecule has 2 aromatic carbocycles. The molecule has 0 aliphatic rings. The van der Waals surface area contributed by atoms with Gasteiger partial charge in [-0.15, -0.1) is 0 Å². The van der Waals surface area contributed by atoms with Gasteiger partial charge in [-0.05, 0) is 36.2 Å². The zero-order valence-corrected chi connectivity index (χ0v) is 11.0. The van der Waals surface area contributed by atoms with E-state index in [1.165, 1.54) is 12.1 Å². The van der Waals surface area contributed by atoms with Gasteiger partial charge in [0.05, 0.1) is 18.3 Å². The Balaban J connectivity index is 2.11. The van der Waals surface area contributed by atoms with Crippen LogP contribution in [0.4, 0.5) is 4.39 Å². The largest absolute Gasteiger partial charge is 0.478 e. The third kappa shape index (κ3) is 3.42. The summed E-state index contributed by atoms with van der Waals surface area (Å²) in [7, 11) is 0. The minimum atomic E-state index is -1.09. The molecule has 0 spiro atoms. The Hall–Kier alpha value is -2.20. The van der Waals surface area contributed by atoms with Gasteiger partial charge in [0.2, 0.25) is 0 Å². The number of hydrogen-bond donors (Lipinski definition) is 1. The molecular weight excluding hydrogens is 259 g/mol. The van der Waals surface area contributed by atoms with Crippen LogP contribution in [0, 0.1) is 5.82 Å². The summed E-state index contributed by atoms with van der Waals surface area (Å²) in [5.41, 5.74) is 1.38. The fourth-order valence-electron chi connectivity index (χ4n) is 1.93. The summed E-state index contributed by atoms with van der Waals surface area (Å²) < 4.78 is 18.8. The van der Waals surface area contributed by atoms with E-state index in [1.807, 2.05) is 37.3 Å². The summed E-state index contributed by atoms with van der Waals surface area (Å²) in [6.45, 7) is 1.92. The van der Waals surface area contributed by atoms with Crippen LogP contribution < -0.4 is 0 Å². The Kier molecular flexibility index (Phi) is 4.48. The Labute approximate surface area is 116 Å². The van der Waals surface area contributed by atoms with Crippen molar-refractivity contribution in [3.05, 3.63) is 71.0 Å². The second kappa shape index (κ2) is 6.30. The van der Waals surface area contributed by atoms with Crippen LogP contribution in [-0.2, 0) is 11.3 Å². The van der Waals surface area contributed by atoms with E-state index in [1.54, 1.807) is 0 Å². The minimum absolute atomic E-state index is 0.0510. The molecule has 0 saturated carbocycles. The quantitative estimate of drug-likeness (QED) is 0.902. The first-order chi connectivity index (χ1) is 9.58. The molecule has 1 unspecified atom stereocenters. The van der Waals surface area contributed by atoms with Crippen molar-refractivity contribution in [2.75, 3.05) is 0 Å². The van der Waals surface area contributed by atoms with E-state index in [2.05, 4.69) is 0 Å². The van der Waals surface area contributed by atoms with Crippen molar-refractivity contribution >= 4 is 5.97 Å². The molecule has 0 fully saturated rings. The molecule has 1 atom stereocenters. The molecule has 0 bridgehead atoms. The van der Waals surface area contributed by atoms with Crippen molar-refractivity contribution in [2.45, 2.75) is 19.6 Å². The number of benzene rings is 2. The van der Waals surface area contributed by atoms with Crippen LogP contribution in [0.15, 0.2) is 48.5 Å². The van der Waals surface area contributed by atoms with Crippen LogP contribution in [0.3, 0.4) is 0 Å². The Morgan fingerprint density at radius 3 is 2.60 bits per heavy atom. The summed E-state index contributed by atoms with van der Waals surface area (Å²) in [6, 6.07) is 13.1. The van der Waals surface area contributed by atoms with Gasteiger partial charge >= 0.3 is 5.97 Å². The Morgan fingerprint density at radius 1 is 1.25 bits per heavy atom. The number of carboxylic acids is 1. The van der Waals surface area contributed by atoms with Gasteiger partial charge < -0.3 is 9.84 Å². The first-order valence-electron chi connectivity index (χ1n) is 6.26. The lowest BCUT2D eigenvalue weighted by molar-refractivity contribution is 0.0501. The van der Waals surface area contributed by atoms with Crippen LogP contribution in [0.1, 0.15) is 34.5 Å². The molecule has 1 N–H and O–H groups in total. The number of carbonyl (C=O) groups is 1. The van der Waals surface area contributed by atoms with Crippen molar-refractivity contribution in [3.63, 3.8) is 0 Å². The van der Waals surface area contributed by atoms with Crippen molar-refractivity contribution < 1.29 is 19.0 Å². The van der Waals surface area contributed by atoms with Crippen LogP contribution in [0.25, 0.3) is 0 Å². The lowest BCUT2D eigenvalue weighted by Gasteiger charge is -2.14. The monoisotopic (exact) mass is 274 g/mol. The maximum absolute atomic E-state index is 13.2. The lowest BCUT2D eigenvalue weighted by atomic mass is 10.1. The maximum atomic E-state index is 13.2. The second-order valence-electron chi connectivity index (χ2n) is 4.47. The highest BCUT2D eigenvalue weighted by atomic mass is 19.1. The van der Waals surface area contributed by atoms with E-state index in [0.29, 0.717) is 5.56 Å². The van der Waals surface area contributed by atoms with Gasteiger partial charge in [0, 0.05) is 0 Å². The van der Waals surface area contributed by atoms with Crippen LogP contribution >= 0.6 is 0 Å². The topological polar surface area (TPSA) is 46.5 Å². The van der Waals surface area contributed by atoms with Gasteiger partial charge in [0.25, 0.3) is 0 Å². The molecule has 4 heteroatoms. The third-order valence-corrected chi connectivity index (χ3v) is 3.06. The standard InChI is InChI=1S/C16H15FO3/c1-11(12-5-3-2-4-6-12)20-10-13-9-14(17)7-8-15(13)16(18)19/h2-9,11H,10H2,1H3,(H,18,19). The average Bonchev–Trinajstić information content (AvgIpc) is 2.45. The van der Waals surface area contributed by atoms with Crippen molar-refractivity contribution in [1.29, 1.82) is 0 Å². The van der Waals surface area contributed by atoms with Gasteiger partial charge in [-0.2, -0.15) is 0 Å². The van der Waals surface area contributed by atoms with Gasteiger partial charge in [-0.3, -0.25) is 0 Å². The summed E-state index contributed by atoms with van der Waals surface area (Å²) in [5, 5.41) is 9.06. The molecule has 3 nitrogen and oxygen atoms in total. The van der Waals surface area contributed by atoms with Crippen molar-refractivity contribution in [2.24, 2.45) is 0 Å². The first-order valence-corrected chi connectivity index (χ1v) is 6.26. The Morgan fingerprint density at radius 2 is 1.95 bits per heavy atom. The number of carboxylic acid groups (broad SMARTS) is 1. The molecule has 2 rings (SSSR count). The molecule has 0 aromatic heterocycles. The smallest absolute Gasteiger partial charge is 0.336 e. The molecule has 0 saturated heterocycles. The van der Waals surface area contributed by atoms with Crippen molar-refractivity contribution in [1.82, 2.24) is 0 Å². The number of rotatable bonds is 5. The average molecular weight is 274 g/mol. The number of aromatic carboxylic acids is 1. The lowest BCUT2D eigenvalue weighted by Crippen LogP contribution is -2.07. The van der Waals surface area contributed by atoms with Gasteiger partial charge in [0.15, 0.2) is 0 Å². The predicted molar refractivity (Wildman–Crippen MR) is 73.0 cm³/mol. The zero-order chi connectivity index (χ0) is 14.5. The molecule has 2 aromatic rings. The van der Waals surface area contributed by atoms with Gasteiger partial charge in [-0.1, -0.05) is 30.3 Å². The van der Waals surface area contributed by atoms with E-state index in [0.717, 1.165) is 11.6 Å². The minimum Gasteiger partial charge on any atom is -0.478 e. The fourth-order valence-corrected chi connectivity index (χ4v) is 1.93. The number of hydrogen-bond acceptors (Lipinski definition) is 2. The molecule has 20 heavy (non-hydrogen) atoms. The molecular formula is C16H15FO3. The highest BCUT2D eigenvalue weighted by molar-refractivity contribution is 5.89. The highest BCUT2D eigenvalue weighted by Gasteiger charge is 2.13. The molecule has 104 valence electrons. The van der Waals surface area contributed by atoms with E-state index in [4.69, 9.17) is 9.84 Å². The van der Waals surface area contributed by atoms with Gasteiger partial charge in [-0.25, -0.2) is 9.18 Å². The van der Waals surface area contributed by atoms with Crippen LogP contribution in [0.5, 0.6) is 0 Å². The first kappa shape index (κ1) is 14.2. The molecule has 0 aliphatic carbocycles. The third-order valence-electron chi connectivity index (χ3n) is 3.06. The summed E-state index contributed by atoms with van der Waals surface area (Å²) in [4.78, 5) is 11.1. The zero-order valence-electron chi connectivity index (χ0n) is 11.0. The number of halogens is 1. The van der Waals surface area contributed by atoms with Gasteiger partial charge in [0.1, 0.15) is 5.82 Å². The highest BCUT2D eigenvalue weighted by Crippen LogP contribution is 2.20. The van der Waals surface area contributed by atoms with Crippen molar-refractivity contribution in [3.8, 4) is 0 Å². The summed E-state index contributed by atoms with van der Waals surface area (Å²) in [6.07, 6.45) is -0.193. The van der Waals surface area contributed by atoms with Crippen LogP contribution in [0.2, 0.25) is 0 Å².